The molecule has 1 fully saturated rings. The fourth-order valence-corrected chi connectivity index (χ4v) is 12.8. The van der Waals surface area contributed by atoms with Crippen molar-refractivity contribution in [2.75, 3.05) is 13.1 Å². The first kappa shape index (κ1) is 21.4. The summed E-state index contributed by atoms with van der Waals surface area (Å²) < 4.78 is 6.11. The van der Waals surface area contributed by atoms with Crippen LogP contribution >= 0.6 is 31.4 Å². The van der Waals surface area contributed by atoms with E-state index in [-0.39, 0.29) is 0 Å². The van der Waals surface area contributed by atoms with E-state index in [4.69, 9.17) is 16.6 Å². The van der Waals surface area contributed by atoms with Crippen LogP contribution in [0.1, 0.15) is 48.6 Å². The number of alkyl halides is 1. The summed E-state index contributed by atoms with van der Waals surface area (Å²) in [4.78, 5) is 9.45. The van der Waals surface area contributed by atoms with Gasteiger partial charge in [0.05, 0.1) is 0 Å². The van der Waals surface area contributed by atoms with Gasteiger partial charge in [-0.15, -0.1) is 0 Å². The zero-order chi connectivity index (χ0) is 21.2. The molecule has 1 aromatic carbocycles. The molecule has 0 spiro atoms. The average Bonchev–Trinajstić information content (AvgIpc) is 3.14. The number of aryl methyl sites for hydroxylation is 2. The topological polar surface area (TPSA) is 42.7 Å². The first-order chi connectivity index (χ1) is 15.2. The molecule has 164 valence electrons. The normalized spacial score (nSPS) is 20.2. The molecule has 4 nitrogen and oxygen atoms in total. The molecule has 1 N–H and O–H groups in total. The SMILES string of the molecule is Cc1nccn1CCCC1Cc2cc(Cl)ccc2I(C2CCNCC2)c2ncccc21. The number of hydrogen-bond donors (Lipinski definition) is 1. The molecule has 2 aliphatic rings. The van der Waals surface area contributed by atoms with Crippen molar-refractivity contribution in [3.63, 3.8) is 0 Å². The minimum atomic E-state index is -1.65. The molecule has 31 heavy (non-hydrogen) atoms. The monoisotopic (exact) mass is 548 g/mol. The average molecular weight is 549 g/mol. The van der Waals surface area contributed by atoms with Gasteiger partial charge in [0.15, 0.2) is 0 Å². The van der Waals surface area contributed by atoms with Gasteiger partial charge in [0.1, 0.15) is 0 Å². The molecule has 0 saturated carbocycles. The number of nitrogens with zero attached hydrogens (tertiary/aromatic N) is 3. The summed E-state index contributed by atoms with van der Waals surface area (Å²) in [5.41, 5.74) is 3.00. The van der Waals surface area contributed by atoms with Crippen LogP contribution in [0.2, 0.25) is 5.02 Å². The Balaban J connectivity index is 1.50. The summed E-state index contributed by atoms with van der Waals surface area (Å²) in [7, 11) is 0. The summed E-state index contributed by atoms with van der Waals surface area (Å²) in [6.45, 7) is 5.38. The third-order valence-electron chi connectivity index (χ3n) is 6.57. The molecule has 0 amide bonds. The van der Waals surface area contributed by atoms with Crippen LogP contribution in [0.15, 0.2) is 48.9 Å². The minimum absolute atomic E-state index is 0.508. The molecule has 5 rings (SSSR count). The molecule has 1 atom stereocenters. The summed E-state index contributed by atoms with van der Waals surface area (Å²) in [5.74, 6) is 1.60. The first-order valence-electron chi connectivity index (χ1n) is 11.3. The van der Waals surface area contributed by atoms with Gasteiger partial charge < -0.3 is 0 Å². The van der Waals surface area contributed by atoms with Crippen molar-refractivity contribution in [3.8, 4) is 0 Å². The number of rotatable bonds is 5. The Hall–Kier alpha value is -1.44. The molecule has 0 bridgehead atoms. The summed E-state index contributed by atoms with van der Waals surface area (Å²) >= 11 is 4.84. The summed E-state index contributed by atoms with van der Waals surface area (Å²) in [6.07, 6.45) is 11.9. The van der Waals surface area contributed by atoms with Crippen molar-refractivity contribution in [1.82, 2.24) is 19.9 Å². The summed E-state index contributed by atoms with van der Waals surface area (Å²) in [6, 6.07) is 11.2. The van der Waals surface area contributed by atoms with Gasteiger partial charge in [0.25, 0.3) is 0 Å². The van der Waals surface area contributed by atoms with Gasteiger partial charge >= 0.3 is 198 Å². The number of halogens is 2. The second-order valence-electron chi connectivity index (χ2n) is 8.57. The van der Waals surface area contributed by atoms with Gasteiger partial charge in [-0.05, 0) is 0 Å². The molecule has 4 heterocycles. The third-order valence-corrected chi connectivity index (χ3v) is 14.1. The maximum atomic E-state index is 6.49. The van der Waals surface area contributed by atoms with Crippen LogP contribution in [-0.2, 0) is 13.0 Å². The van der Waals surface area contributed by atoms with Crippen LogP contribution in [0, 0.1) is 14.2 Å². The number of fused-ring (bicyclic) bond motifs is 2. The van der Waals surface area contributed by atoms with Crippen molar-refractivity contribution >= 4 is 31.4 Å². The van der Waals surface area contributed by atoms with E-state index in [2.05, 4.69) is 58.3 Å². The van der Waals surface area contributed by atoms with E-state index in [1.165, 1.54) is 34.1 Å². The van der Waals surface area contributed by atoms with Crippen molar-refractivity contribution in [3.05, 3.63) is 78.2 Å². The zero-order valence-corrected chi connectivity index (χ0v) is 20.9. The first-order valence-corrected chi connectivity index (χ1v) is 15.1. The molecule has 1 saturated heterocycles. The molecule has 2 aromatic heterocycles. The Labute approximate surface area is 197 Å². The second kappa shape index (κ2) is 9.59. The Morgan fingerprint density at radius 2 is 2.03 bits per heavy atom. The second-order valence-corrected chi connectivity index (χ2v) is 14.7. The quantitative estimate of drug-likeness (QED) is 0.254. The predicted molar refractivity (Wildman–Crippen MR) is 136 cm³/mol. The van der Waals surface area contributed by atoms with Crippen molar-refractivity contribution < 1.29 is 0 Å². The zero-order valence-electron chi connectivity index (χ0n) is 18.0. The molecule has 0 aliphatic carbocycles. The van der Waals surface area contributed by atoms with Crippen molar-refractivity contribution in [2.24, 2.45) is 0 Å². The fraction of sp³-hybridized carbons (Fsp3) is 0.440. The van der Waals surface area contributed by atoms with E-state index in [1.54, 1.807) is 3.57 Å². The number of nitrogens with one attached hydrogen (secondary N) is 1. The van der Waals surface area contributed by atoms with E-state index >= 15 is 0 Å². The fourth-order valence-electron chi connectivity index (χ4n) is 4.97. The maximum absolute atomic E-state index is 6.49. The van der Waals surface area contributed by atoms with Crippen LogP contribution in [0.25, 0.3) is 0 Å². The van der Waals surface area contributed by atoms with Gasteiger partial charge in [-0.3, -0.25) is 0 Å². The van der Waals surface area contributed by atoms with Crippen LogP contribution in [0.5, 0.6) is 0 Å². The molecule has 2 aliphatic heterocycles. The van der Waals surface area contributed by atoms with E-state index in [0.29, 0.717) is 5.92 Å². The Bertz CT molecular complexity index is 1040. The van der Waals surface area contributed by atoms with Crippen LogP contribution in [0.4, 0.5) is 0 Å². The Morgan fingerprint density at radius 3 is 2.84 bits per heavy atom. The predicted octanol–water partition coefficient (Wildman–Crippen LogP) is 5.66. The van der Waals surface area contributed by atoms with Crippen molar-refractivity contribution in [2.45, 2.75) is 55.4 Å². The van der Waals surface area contributed by atoms with E-state index in [0.717, 1.165) is 47.2 Å². The van der Waals surface area contributed by atoms with Gasteiger partial charge in [0, 0.05) is 0 Å². The molecular formula is C25H30ClIN4. The van der Waals surface area contributed by atoms with E-state index in [1.807, 2.05) is 12.4 Å². The molecule has 1 unspecified atom stereocenters. The van der Waals surface area contributed by atoms with Gasteiger partial charge in [-0.2, -0.15) is 0 Å². The van der Waals surface area contributed by atoms with E-state index < -0.39 is 19.8 Å². The van der Waals surface area contributed by atoms with Gasteiger partial charge in [-0.25, -0.2) is 0 Å². The molecular weight excluding hydrogens is 519 g/mol. The van der Waals surface area contributed by atoms with Gasteiger partial charge in [-0.1, -0.05) is 0 Å². The molecule has 6 heteroatoms. The third kappa shape index (κ3) is 4.55. The van der Waals surface area contributed by atoms with Gasteiger partial charge in [0.2, 0.25) is 0 Å². The number of pyridine rings is 1. The summed E-state index contributed by atoms with van der Waals surface area (Å²) in [5, 5.41) is 4.42. The van der Waals surface area contributed by atoms with Crippen molar-refractivity contribution in [1.29, 1.82) is 0 Å². The van der Waals surface area contributed by atoms with E-state index in [9.17, 15) is 0 Å². The molecule has 3 aromatic rings. The number of imidazole rings is 1. The van der Waals surface area contributed by atoms with Crippen LogP contribution < -0.4 is 5.32 Å². The van der Waals surface area contributed by atoms with Crippen LogP contribution in [0.3, 0.4) is 0 Å². The standard InChI is InChI=1S/C25H30ClIN4/c1-18-29-13-15-31(18)14-3-4-19-16-20-17-21(26)6-7-24(20)27(22-8-11-28-12-9-22)25-23(19)5-2-10-30-25/h2,5-7,10,13,15,17,19,22,28H,3-4,8-9,11-12,14,16H2,1H3. The number of piperidine rings is 1. The Kier molecular flexibility index (Phi) is 6.62. The molecule has 0 radical (unpaired) electrons. The van der Waals surface area contributed by atoms with Crippen LogP contribution in [-0.4, -0.2) is 31.5 Å². The number of aromatic nitrogens is 3. The Morgan fingerprint density at radius 1 is 1.16 bits per heavy atom. The number of hydrogen-bond acceptors (Lipinski definition) is 3. The number of benzene rings is 1.